The maximum atomic E-state index is 12.6. The van der Waals surface area contributed by atoms with Gasteiger partial charge in [-0.3, -0.25) is 14.4 Å². The Balaban J connectivity index is 2.79. The number of carboxylic acid groups (broad SMARTS) is 1. The number of carbonyl (C=O) groups is 3. The Bertz CT molecular complexity index is 414. The number of carbonyl (C=O) groups excluding carboxylic acids is 2. The molecule has 1 saturated heterocycles. The molecule has 0 spiro atoms. The van der Waals surface area contributed by atoms with Crippen molar-refractivity contribution < 1.29 is 19.5 Å². The molecule has 1 aliphatic rings. The van der Waals surface area contributed by atoms with E-state index in [0.29, 0.717) is 19.5 Å². The van der Waals surface area contributed by atoms with Crippen molar-refractivity contribution in [3.63, 3.8) is 0 Å². The molecule has 6 heteroatoms. The summed E-state index contributed by atoms with van der Waals surface area (Å²) in [6.45, 7) is 8.61. The van der Waals surface area contributed by atoms with Crippen molar-refractivity contribution in [1.29, 1.82) is 0 Å². The van der Waals surface area contributed by atoms with Gasteiger partial charge in [-0.05, 0) is 19.8 Å². The molecule has 0 saturated carbocycles. The lowest BCUT2D eigenvalue weighted by Crippen LogP contribution is -2.50. The van der Waals surface area contributed by atoms with Crippen LogP contribution in [0.4, 0.5) is 0 Å². The van der Waals surface area contributed by atoms with Gasteiger partial charge in [0, 0.05) is 25.0 Å². The van der Waals surface area contributed by atoms with Crippen LogP contribution in [0.15, 0.2) is 0 Å². The molecule has 1 rings (SSSR count). The van der Waals surface area contributed by atoms with Gasteiger partial charge in [-0.25, -0.2) is 0 Å². The Labute approximate surface area is 126 Å². The number of hydrogen-bond acceptors (Lipinski definition) is 3. The SMILES string of the molecule is CCN(CCC(=O)O)C(=O)C1CCCN1C(=O)C(C)(C)C. The van der Waals surface area contributed by atoms with E-state index in [1.807, 2.05) is 27.7 Å². The van der Waals surface area contributed by atoms with Crippen LogP contribution in [0.5, 0.6) is 0 Å². The molecule has 0 aromatic heterocycles. The van der Waals surface area contributed by atoms with Gasteiger partial charge in [0.1, 0.15) is 6.04 Å². The summed E-state index contributed by atoms with van der Waals surface area (Å²) >= 11 is 0. The van der Waals surface area contributed by atoms with Crippen LogP contribution in [-0.4, -0.2) is 58.4 Å². The summed E-state index contributed by atoms with van der Waals surface area (Å²) in [4.78, 5) is 38.8. The third-order valence-electron chi connectivity index (χ3n) is 3.73. The quantitative estimate of drug-likeness (QED) is 0.831. The minimum absolute atomic E-state index is 0.0207. The van der Waals surface area contributed by atoms with Gasteiger partial charge in [0.2, 0.25) is 11.8 Å². The average molecular weight is 298 g/mol. The molecule has 0 aromatic carbocycles. The van der Waals surface area contributed by atoms with Gasteiger partial charge < -0.3 is 14.9 Å². The molecule has 0 aliphatic carbocycles. The standard InChI is InChI=1S/C15H26N2O4/c1-5-16(10-8-12(18)19)13(20)11-7-6-9-17(11)14(21)15(2,3)4/h11H,5-10H2,1-4H3,(H,18,19). The van der Waals surface area contributed by atoms with Crippen molar-refractivity contribution in [2.45, 2.75) is 53.0 Å². The summed E-state index contributed by atoms with van der Waals surface area (Å²) in [6.07, 6.45) is 1.40. The van der Waals surface area contributed by atoms with E-state index in [-0.39, 0.29) is 24.8 Å². The first kappa shape index (κ1) is 17.5. The molecule has 1 heterocycles. The van der Waals surface area contributed by atoms with Crippen molar-refractivity contribution in [3.8, 4) is 0 Å². The van der Waals surface area contributed by atoms with Crippen LogP contribution < -0.4 is 0 Å². The van der Waals surface area contributed by atoms with Crippen molar-refractivity contribution >= 4 is 17.8 Å². The lowest BCUT2D eigenvalue weighted by Gasteiger charge is -2.33. The molecule has 1 unspecified atom stereocenters. The second-order valence-corrected chi connectivity index (χ2v) is 6.47. The molecular weight excluding hydrogens is 272 g/mol. The largest absolute Gasteiger partial charge is 0.481 e. The number of carboxylic acids is 1. The fraction of sp³-hybridized carbons (Fsp3) is 0.800. The molecule has 120 valence electrons. The molecule has 21 heavy (non-hydrogen) atoms. The number of amides is 2. The van der Waals surface area contributed by atoms with Crippen LogP contribution >= 0.6 is 0 Å². The van der Waals surface area contributed by atoms with Crippen molar-refractivity contribution in [1.82, 2.24) is 9.80 Å². The zero-order valence-electron chi connectivity index (χ0n) is 13.4. The molecule has 1 fully saturated rings. The van der Waals surface area contributed by atoms with Crippen molar-refractivity contribution in [2.75, 3.05) is 19.6 Å². The Morgan fingerprint density at radius 3 is 2.38 bits per heavy atom. The van der Waals surface area contributed by atoms with E-state index in [9.17, 15) is 14.4 Å². The minimum atomic E-state index is -0.921. The average Bonchev–Trinajstić information content (AvgIpc) is 2.85. The van der Waals surface area contributed by atoms with E-state index in [1.54, 1.807) is 4.90 Å². The first-order valence-electron chi connectivity index (χ1n) is 7.50. The van der Waals surface area contributed by atoms with E-state index in [2.05, 4.69) is 0 Å². The second-order valence-electron chi connectivity index (χ2n) is 6.47. The smallest absolute Gasteiger partial charge is 0.305 e. The van der Waals surface area contributed by atoms with Crippen LogP contribution in [0.2, 0.25) is 0 Å². The molecule has 0 bridgehead atoms. The van der Waals surface area contributed by atoms with E-state index in [0.717, 1.165) is 6.42 Å². The lowest BCUT2D eigenvalue weighted by molar-refractivity contribution is -0.149. The third kappa shape index (κ3) is 4.44. The highest BCUT2D eigenvalue weighted by molar-refractivity contribution is 5.90. The third-order valence-corrected chi connectivity index (χ3v) is 3.73. The van der Waals surface area contributed by atoms with Gasteiger partial charge in [-0.1, -0.05) is 20.8 Å². The number of likely N-dealkylation sites (tertiary alicyclic amines) is 1. The van der Waals surface area contributed by atoms with Crippen LogP contribution in [0, 0.1) is 5.41 Å². The molecule has 2 amide bonds. The highest BCUT2D eigenvalue weighted by Crippen LogP contribution is 2.26. The number of aliphatic carboxylic acids is 1. The fourth-order valence-electron chi connectivity index (χ4n) is 2.56. The Morgan fingerprint density at radius 1 is 1.29 bits per heavy atom. The van der Waals surface area contributed by atoms with Crippen LogP contribution in [0.25, 0.3) is 0 Å². The predicted molar refractivity (Wildman–Crippen MR) is 78.7 cm³/mol. The summed E-state index contributed by atoms with van der Waals surface area (Å²) in [5.74, 6) is -1.07. The molecule has 1 aliphatic heterocycles. The molecule has 6 nitrogen and oxygen atoms in total. The highest BCUT2D eigenvalue weighted by atomic mass is 16.4. The summed E-state index contributed by atoms with van der Waals surface area (Å²) in [6, 6.07) is -0.439. The van der Waals surface area contributed by atoms with Gasteiger partial charge in [0.15, 0.2) is 0 Å². The van der Waals surface area contributed by atoms with E-state index >= 15 is 0 Å². The lowest BCUT2D eigenvalue weighted by atomic mass is 9.94. The van der Waals surface area contributed by atoms with E-state index in [4.69, 9.17) is 5.11 Å². The number of likely N-dealkylation sites (N-methyl/N-ethyl adjacent to an activating group) is 1. The fourth-order valence-corrected chi connectivity index (χ4v) is 2.56. The molecule has 0 aromatic rings. The van der Waals surface area contributed by atoms with Crippen LogP contribution in [0.3, 0.4) is 0 Å². The Hall–Kier alpha value is -1.59. The maximum absolute atomic E-state index is 12.6. The maximum Gasteiger partial charge on any atom is 0.305 e. The normalized spacial score (nSPS) is 18.7. The second kappa shape index (κ2) is 6.91. The summed E-state index contributed by atoms with van der Waals surface area (Å²) in [5, 5.41) is 8.75. The zero-order valence-corrected chi connectivity index (χ0v) is 13.4. The minimum Gasteiger partial charge on any atom is -0.481 e. The predicted octanol–water partition coefficient (Wildman–Crippen LogP) is 1.35. The summed E-state index contributed by atoms with van der Waals surface area (Å²) in [5.41, 5.74) is -0.513. The Morgan fingerprint density at radius 2 is 1.90 bits per heavy atom. The van der Waals surface area contributed by atoms with Crippen molar-refractivity contribution in [2.24, 2.45) is 5.41 Å². The monoisotopic (exact) mass is 298 g/mol. The molecule has 1 atom stereocenters. The number of nitrogens with zero attached hydrogens (tertiary/aromatic N) is 2. The van der Waals surface area contributed by atoms with Crippen LogP contribution in [-0.2, 0) is 14.4 Å². The number of rotatable bonds is 5. The van der Waals surface area contributed by atoms with Gasteiger partial charge in [0.05, 0.1) is 6.42 Å². The van der Waals surface area contributed by atoms with E-state index in [1.165, 1.54) is 4.90 Å². The van der Waals surface area contributed by atoms with Crippen LogP contribution in [0.1, 0.15) is 47.0 Å². The first-order chi connectivity index (χ1) is 9.68. The summed E-state index contributed by atoms with van der Waals surface area (Å²) in [7, 11) is 0. The van der Waals surface area contributed by atoms with Gasteiger partial charge >= 0.3 is 5.97 Å². The zero-order chi connectivity index (χ0) is 16.2. The Kier molecular flexibility index (Phi) is 5.75. The first-order valence-corrected chi connectivity index (χ1v) is 7.50. The molecule has 1 N–H and O–H groups in total. The van der Waals surface area contributed by atoms with Gasteiger partial charge in [-0.2, -0.15) is 0 Å². The van der Waals surface area contributed by atoms with E-state index < -0.39 is 17.4 Å². The van der Waals surface area contributed by atoms with Gasteiger partial charge in [0.25, 0.3) is 0 Å². The van der Waals surface area contributed by atoms with Gasteiger partial charge in [-0.15, -0.1) is 0 Å². The highest BCUT2D eigenvalue weighted by Gasteiger charge is 2.39. The summed E-state index contributed by atoms with van der Waals surface area (Å²) < 4.78 is 0. The van der Waals surface area contributed by atoms with Crippen molar-refractivity contribution in [3.05, 3.63) is 0 Å². The number of hydrogen-bond donors (Lipinski definition) is 1. The molecule has 0 radical (unpaired) electrons. The topological polar surface area (TPSA) is 77.9 Å². The molecular formula is C15H26N2O4.